The maximum absolute atomic E-state index is 12.7. The van der Waals surface area contributed by atoms with E-state index in [-0.39, 0.29) is 24.8 Å². The van der Waals surface area contributed by atoms with Crippen LogP contribution in [0.5, 0.6) is 11.5 Å². The number of carbonyl (C=O) groups is 2. The normalized spacial score (nSPS) is 22.8. The smallest absolute Gasteiger partial charge is 0.254 e. The molecule has 7 nitrogen and oxygen atoms in total. The molecular weight excluding hydrogens is 312 g/mol. The van der Waals surface area contributed by atoms with Crippen LogP contribution in [0.2, 0.25) is 0 Å². The van der Waals surface area contributed by atoms with Crippen molar-refractivity contribution in [2.24, 2.45) is 0 Å². The van der Waals surface area contributed by atoms with Gasteiger partial charge in [0.25, 0.3) is 5.91 Å². The molecule has 1 aromatic rings. The summed E-state index contributed by atoms with van der Waals surface area (Å²) in [4.78, 5) is 25.9. The van der Waals surface area contributed by atoms with E-state index in [1.54, 1.807) is 23.1 Å². The van der Waals surface area contributed by atoms with Gasteiger partial charge in [0.2, 0.25) is 5.91 Å². The van der Waals surface area contributed by atoms with Crippen LogP contribution < -0.4 is 14.8 Å². The topological polar surface area (TPSA) is 88.1 Å². The van der Waals surface area contributed by atoms with Crippen molar-refractivity contribution in [1.82, 2.24) is 10.2 Å². The van der Waals surface area contributed by atoms with Crippen LogP contribution in [-0.2, 0) is 4.79 Å². The van der Waals surface area contributed by atoms with E-state index in [9.17, 15) is 14.7 Å². The number of hydrogen-bond acceptors (Lipinski definition) is 5. The van der Waals surface area contributed by atoms with E-state index in [1.165, 1.54) is 7.05 Å². The molecule has 2 aliphatic rings. The lowest BCUT2D eigenvalue weighted by Crippen LogP contribution is -2.52. The van der Waals surface area contributed by atoms with Gasteiger partial charge in [0, 0.05) is 19.2 Å². The molecule has 2 N–H and O–H groups in total. The first-order chi connectivity index (χ1) is 11.5. The lowest BCUT2D eigenvalue weighted by molar-refractivity contribution is -0.127. The summed E-state index contributed by atoms with van der Waals surface area (Å²) in [6.07, 6.45) is 1.16. The highest BCUT2D eigenvalue weighted by atomic mass is 16.6. The number of hydrogen-bond donors (Lipinski definition) is 2. The molecule has 1 saturated heterocycles. The summed E-state index contributed by atoms with van der Waals surface area (Å²) in [5, 5.41) is 13.1. The van der Waals surface area contributed by atoms with Crippen LogP contribution in [0.3, 0.4) is 0 Å². The highest BCUT2D eigenvalue weighted by molar-refractivity contribution is 5.95. The van der Waals surface area contributed by atoms with Crippen molar-refractivity contribution in [2.45, 2.75) is 24.9 Å². The monoisotopic (exact) mass is 334 g/mol. The Labute approximate surface area is 140 Å². The van der Waals surface area contributed by atoms with Gasteiger partial charge in [0.15, 0.2) is 11.5 Å². The molecule has 1 aromatic carbocycles. The third kappa shape index (κ3) is 3.46. The van der Waals surface area contributed by atoms with E-state index >= 15 is 0 Å². The van der Waals surface area contributed by atoms with Gasteiger partial charge in [-0.1, -0.05) is 0 Å². The van der Waals surface area contributed by atoms with E-state index < -0.39 is 5.60 Å². The van der Waals surface area contributed by atoms with E-state index in [2.05, 4.69) is 5.32 Å². The SMILES string of the molecule is CNC(=O)CC1(O)CCCN(C(=O)c2ccc3c(c2)OCCO3)C1. The predicted octanol–water partition coefficient (Wildman–Crippen LogP) is 0.561. The highest BCUT2D eigenvalue weighted by Crippen LogP contribution is 2.32. The maximum atomic E-state index is 12.7. The van der Waals surface area contributed by atoms with Crippen LogP contribution in [0.4, 0.5) is 0 Å². The van der Waals surface area contributed by atoms with Crippen molar-refractivity contribution in [3.05, 3.63) is 23.8 Å². The zero-order valence-electron chi connectivity index (χ0n) is 13.7. The number of nitrogens with one attached hydrogen (secondary N) is 1. The minimum atomic E-state index is -1.18. The molecule has 3 rings (SSSR count). The van der Waals surface area contributed by atoms with Crippen molar-refractivity contribution >= 4 is 11.8 Å². The summed E-state index contributed by atoms with van der Waals surface area (Å²) in [7, 11) is 1.53. The fourth-order valence-electron chi connectivity index (χ4n) is 3.18. The van der Waals surface area contributed by atoms with Crippen LogP contribution >= 0.6 is 0 Å². The molecule has 0 radical (unpaired) electrons. The molecule has 2 heterocycles. The number of likely N-dealkylation sites (tertiary alicyclic amines) is 1. The Morgan fingerprint density at radius 2 is 2.04 bits per heavy atom. The quantitative estimate of drug-likeness (QED) is 0.843. The molecule has 130 valence electrons. The first-order valence-corrected chi connectivity index (χ1v) is 8.13. The second kappa shape index (κ2) is 6.68. The van der Waals surface area contributed by atoms with E-state index in [0.717, 1.165) is 0 Å². The van der Waals surface area contributed by atoms with Crippen molar-refractivity contribution in [2.75, 3.05) is 33.4 Å². The number of rotatable bonds is 3. The number of carbonyl (C=O) groups excluding carboxylic acids is 2. The lowest BCUT2D eigenvalue weighted by atomic mass is 9.89. The second-order valence-electron chi connectivity index (χ2n) is 6.26. The van der Waals surface area contributed by atoms with Gasteiger partial charge >= 0.3 is 0 Å². The number of piperidine rings is 1. The minimum absolute atomic E-state index is 0.00554. The van der Waals surface area contributed by atoms with E-state index in [0.29, 0.717) is 49.7 Å². The molecule has 24 heavy (non-hydrogen) atoms. The first-order valence-electron chi connectivity index (χ1n) is 8.13. The summed E-state index contributed by atoms with van der Waals surface area (Å²) < 4.78 is 11.0. The fraction of sp³-hybridized carbons (Fsp3) is 0.529. The molecular formula is C17H22N2O5. The Balaban J connectivity index is 1.73. The van der Waals surface area contributed by atoms with Crippen molar-refractivity contribution < 1.29 is 24.2 Å². The van der Waals surface area contributed by atoms with Gasteiger partial charge in [-0.15, -0.1) is 0 Å². The van der Waals surface area contributed by atoms with E-state index in [1.807, 2.05) is 0 Å². The molecule has 1 unspecified atom stereocenters. The number of nitrogens with zero attached hydrogens (tertiary/aromatic N) is 1. The Morgan fingerprint density at radius 3 is 2.79 bits per heavy atom. The van der Waals surface area contributed by atoms with Crippen molar-refractivity contribution in [3.8, 4) is 11.5 Å². The van der Waals surface area contributed by atoms with Gasteiger partial charge in [-0.2, -0.15) is 0 Å². The van der Waals surface area contributed by atoms with Gasteiger partial charge in [-0.05, 0) is 31.0 Å². The highest BCUT2D eigenvalue weighted by Gasteiger charge is 2.37. The average Bonchev–Trinajstić information content (AvgIpc) is 2.60. The Hall–Kier alpha value is -2.28. The molecule has 0 bridgehead atoms. The van der Waals surface area contributed by atoms with Crippen LogP contribution in [0.1, 0.15) is 29.6 Å². The van der Waals surface area contributed by atoms with Gasteiger partial charge < -0.3 is 24.8 Å². The summed E-state index contributed by atoms with van der Waals surface area (Å²) in [6.45, 7) is 1.66. The number of aliphatic hydroxyl groups is 1. The summed E-state index contributed by atoms with van der Waals surface area (Å²) >= 11 is 0. The van der Waals surface area contributed by atoms with Crippen LogP contribution in [0.25, 0.3) is 0 Å². The standard InChI is InChI=1S/C17H22N2O5/c1-18-15(20)10-17(22)5-2-6-19(11-17)16(21)12-3-4-13-14(9-12)24-8-7-23-13/h3-4,9,22H,2,5-8,10-11H2,1H3,(H,18,20). The number of fused-ring (bicyclic) bond motifs is 1. The first kappa shape index (κ1) is 16.6. The molecule has 0 aliphatic carbocycles. The third-order valence-electron chi connectivity index (χ3n) is 4.40. The number of amides is 2. The molecule has 7 heteroatoms. The number of ether oxygens (including phenoxy) is 2. The maximum Gasteiger partial charge on any atom is 0.254 e. The summed E-state index contributed by atoms with van der Waals surface area (Å²) in [5.41, 5.74) is -0.689. The Bertz CT molecular complexity index is 648. The predicted molar refractivity (Wildman–Crippen MR) is 86.2 cm³/mol. The van der Waals surface area contributed by atoms with Gasteiger partial charge in [0.1, 0.15) is 13.2 Å². The van der Waals surface area contributed by atoms with Crippen LogP contribution in [-0.4, -0.2) is 60.8 Å². The third-order valence-corrected chi connectivity index (χ3v) is 4.40. The Morgan fingerprint density at radius 1 is 1.29 bits per heavy atom. The van der Waals surface area contributed by atoms with Gasteiger partial charge in [0.05, 0.1) is 18.6 Å². The van der Waals surface area contributed by atoms with Gasteiger partial charge in [-0.25, -0.2) is 0 Å². The largest absolute Gasteiger partial charge is 0.486 e. The average molecular weight is 334 g/mol. The number of β-amino-alcohol motifs (C(OH)–C–C–N with tert-alkyl or cyclic N) is 1. The molecule has 0 spiro atoms. The summed E-state index contributed by atoms with van der Waals surface area (Å²) in [6, 6.07) is 5.09. The molecule has 1 atom stereocenters. The molecule has 1 fully saturated rings. The fourth-order valence-corrected chi connectivity index (χ4v) is 3.18. The second-order valence-corrected chi connectivity index (χ2v) is 6.26. The van der Waals surface area contributed by atoms with E-state index in [4.69, 9.17) is 9.47 Å². The van der Waals surface area contributed by atoms with Crippen LogP contribution in [0, 0.1) is 0 Å². The molecule has 2 aliphatic heterocycles. The zero-order valence-corrected chi connectivity index (χ0v) is 13.7. The van der Waals surface area contributed by atoms with Gasteiger partial charge in [-0.3, -0.25) is 9.59 Å². The lowest BCUT2D eigenvalue weighted by Gasteiger charge is -2.39. The minimum Gasteiger partial charge on any atom is -0.486 e. The van der Waals surface area contributed by atoms with Crippen molar-refractivity contribution in [3.63, 3.8) is 0 Å². The Kier molecular flexibility index (Phi) is 4.62. The molecule has 0 saturated carbocycles. The summed E-state index contributed by atoms with van der Waals surface area (Å²) in [5.74, 6) is 0.783. The zero-order chi connectivity index (χ0) is 17.2. The molecule has 0 aromatic heterocycles. The van der Waals surface area contributed by atoms with Crippen molar-refractivity contribution in [1.29, 1.82) is 0 Å². The number of benzene rings is 1. The van der Waals surface area contributed by atoms with Crippen LogP contribution in [0.15, 0.2) is 18.2 Å². The molecule has 2 amide bonds.